The molecule has 1 saturated heterocycles. The number of primary amides is 1. The number of hydrogen-bond donors (Lipinski definition) is 1. The van der Waals surface area contributed by atoms with Crippen molar-refractivity contribution in [3.8, 4) is 0 Å². The monoisotopic (exact) mass is 386 g/mol. The molecular formula is C20H22N2O4S. The summed E-state index contributed by atoms with van der Waals surface area (Å²) in [5, 5.41) is 0. The van der Waals surface area contributed by atoms with E-state index in [0.717, 1.165) is 5.56 Å². The van der Waals surface area contributed by atoms with Crippen molar-refractivity contribution in [1.82, 2.24) is 4.90 Å². The Balaban J connectivity index is 1.59. The van der Waals surface area contributed by atoms with Gasteiger partial charge in [-0.2, -0.15) is 0 Å². The average Bonchev–Trinajstić information content (AvgIpc) is 2.64. The summed E-state index contributed by atoms with van der Waals surface area (Å²) in [4.78, 5) is 26.1. The van der Waals surface area contributed by atoms with Gasteiger partial charge in [-0.05, 0) is 24.1 Å². The van der Waals surface area contributed by atoms with Gasteiger partial charge in [0.25, 0.3) is 0 Å². The third-order valence-electron chi connectivity index (χ3n) is 4.93. The quantitative estimate of drug-likeness (QED) is 0.778. The van der Waals surface area contributed by atoms with Gasteiger partial charge < -0.3 is 10.6 Å². The van der Waals surface area contributed by atoms with Crippen LogP contribution in [0.25, 0.3) is 0 Å². The van der Waals surface area contributed by atoms with Gasteiger partial charge in [-0.15, -0.1) is 0 Å². The number of nitrogens with zero attached hydrogens (tertiary/aromatic N) is 1. The van der Waals surface area contributed by atoms with Crippen LogP contribution >= 0.6 is 0 Å². The number of nitrogens with two attached hydrogens (primary N) is 1. The summed E-state index contributed by atoms with van der Waals surface area (Å²) < 4.78 is 24.6. The molecule has 1 fully saturated rings. The molecule has 3 rings (SSSR count). The van der Waals surface area contributed by atoms with Gasteiger partial charge in [0, 0.05) is 19.5 Å². The fourth-order valence-corrected chi connectivity index (χ4v) is 4.58. The van der Waals surface area contributed by atoms with Crippen LogP contribution in [0.15, 0.2) is 65.6 Å². The van der Waals surface area contributed by atoms with Crippen molar-refractivity contribution in [2.45, 2.75) is 17.7 Å². The molecule has 0 saturated carbocycles. The second-order valence-corrected chi connectivity index (χ2v) is 9.05. The van der Waals surface area contributed by atoms with Crippen molar-refractivity contribution >= 4 is 21.7 Å². The fraction of sp³-hybridized carbons (Fsp3) is 0.300. The Labute approximate surface area is 158 Å². The van der Waals surface area contributed by atoms with E-state index < -0.39 is 21.2 Å². The first-order valence-corrected chi connectivity index (χ1v) is 10.4. The molecule has 2 N–H and O–H groups in total. The largest absolute Gasteiger partial charge is 0.369 e. The van der Waals surface area contributed by atoms with Gasteiger partial charge in [0.05, 0.1) is 16.1 Å². The number of likely N-dealkylation sites (tertiary alicyclic amines) is 1. The zero-order chi connectivity index (χ0) is 19.5. The minimum atomic E-state index is -3.51. The molecular weight excluding hydrogens is 364 g/mol. The molecule has 142 valence electrons. The first kappa shape index (κ1) is 19.1. The molecule has 1 aliphatic rings. The molecule has 0 radical (unpaired) electrons. The summed E-state index contributed by atoms with van der Waals surface area (Å²) in [6.07, 6.45) is 0.354. The van der Waals surface area contributed by atoms with E-state index in [4.69, 9.17) is 5.73 Å². The van der Waals surface area contributed by atoms with Gasteiger partial charge in [-0.25, -0.2) is 8.42 Å². The van der Waals surface area contributed by atoms with Crippen LogP contribution in [0.3, 0.4) is 0 Å². The molecule has 1 aliphatic heterocycles. The van der Waals surface area contributed by atoms with E-state index in [0.29, 0.717) is 6.42 Å². The van der Waals surface area contributed by atoms with Crippen LogP contribution in [-0.2, 0) is 25.8 Å². The first-order valence-electron chi connectivity index (χ1n) is 8.72. The maximum Gasteiger partial charge on any atom is 0.227 e. The zero-order valence-electron chi connectivity index (χ0n) is 14.9. The maximum atomic E-state index is 12.4. The van der Waals surface area contributed by atoms with Crippen molar-refractivity contribution < 1.29 is 18.0 Å². The van der Waals surface area contributed by atoms with Gasteiger partial charge in [-0.3, -0.25) is 9.59 Å². The Morgan fingerprint density at radius 3 is 2.07 bits per heavy atom. The molecule has 1 heterocycles. The van der Waals surface area contributed by atoms with E-state index in [1.807, 2.05) is 30.3 Å². The number of rotatable bonds is 7. The summed E-state index contributed by atoms with van der Waals surface area (Å²) in [7, 11) is -3.51. The summed E-state index contributed by atoms with van der Waals surface area (Å²) in [6.45, 7) is 0.447. The lowest BCUT2D eigenvalue weighted by molar-refractivity contribution is -0.151. The van der Waals surface area contributed by atoms with Crippen LogP contribution in [0.5, 0.6) is 0 Å². The van der Waals surface area contributed by atoms with Gasteiger partial charge in [-0.1, -0.05) is 48.5 Å². The number of carbonyl (C=O) groups excluding carboxylic acids is 2. The molecule has 0 aliphatic carbocycles. The Hall–Kier alpha value is -2.67. The smallest absolute Gasteiger partial charge is 0.227 e. The van der Waals surface area contributed by atoms with Crippen molar-refractivity contribution in [3.05, 3.63) is 66.2 Å². The van der Waals surface area contributed by atoms with Gasteiger partial charge in [0.2, 0.25) is 11.8 Å². The van der Waals surface area contributed by atoms with Gasteiger partial charge in [0.1, 0.15) is 0 Å². The highest BCUT2D eigenvalue weighted by Crippen LogP contribution is 2.34. The van der Waals surface area contributed by atoms with Crippen LogP contribution in [0.1, 0.15) is 12.0 Å². The molecule has 2 aromatic rings. The molecule has 2 amide bonds. The second kappa shape index (κ2) is 7.52. The molecule has 0 atom stereocenters. The maximum absolute atomic E-state index is 12.4. The van der Waals surface area contributed by atoms with Crippen LogP contribution in [-0.4, -0.2) is 44.0 Å². The minimum Gasteiger partial charge on any atom is -0.369 e. The average molecular weight is 386 g/mol. The summed E-state index contributed by atoms with van der Waals surface area (Å²) in [5.74, 6) is -0.971. The Kier molecular flexibility index (Phi) is 5.32. The molecule has 0 aromatic heterocycles. The SMILES string of the molecule is NC(=O)C1(Cc2ccccc2)CN(C(=O)CCS(=O)(=O)c2ccccc2)C1. The van der Waals surface area contributed by atoms with Crippen molar-refractivity contribution in [2.75, 3.05) is 18.8 Å². The van der Waals surface area contributed by atoms with E-state index in [9.17, 15) is 18.0 Å². The van der Waals surface area contributed by atoms with Gasteiger partial charge >= 0.3 is 0 Å². The molecule has 0 spiro atoms. The van der Waals surface area contributed by atoms with Crippen molar-refractivity contribution in [2.24, 2.45) is 11.1 Å². The summed E-state index contributed by atoms with van der Waals surface area (Å²) >= 11 is 0. The van der Waals surface area contributed by atoms with Gasteiger partial charge in [0.15, 0.2) is 9.84 Å². The lowest BCUT2D eigenvalue weighted by atomic mass is 9.74. The Bertz CT molecular complexity index is 921. The number of sulfone groups is 1. The predicted octanol–water partition coefficient (Wildman–Crippen LogP) is 1.41. The normalized spacial score (nSPS) is 15.8. The predicted molar refractivity (Wildman–Crippen MR) is 101 cm³/mol. The number of amides is 2. The minimum absolute atomic E-state index is 0.114. The van der Waals surface area contributed by atoms with Crippen LogP contribution in [0.2, 0.25) is 0 Å². The number of hydrogen-bond acceptors (Lipinski definition) is 4. The molecule has 0 bridgehead atoms. The van der Waals surface area contributed by atoms with E-state index in [1.165, 1.54) is 17.0 Å². The van der Waals surface area contributed by atoms with Crippen molar-refractivity contribution in [3.63, 3.8) is 0 Å². The fourth-order valence-electron chi connectivity index (χ4n) is 3.33. The zero-order valence-corrected chi connectivity index (χ0v) is 15.7. The standard InChI is InChI=1S/C20H22N2O4S/c21-19(24)20(13-16-7-3-1-4-8-16)14-22(15-20)18(23)11-12-27(25,26)17-9-5-2-6-10-17/h1-10H,11-15H2,(H2,21,24). The van der Waals surface area contributed by atoms with E-state index in [-0.39, 0.29) is 36.1 Å². The lowest BCUT2D eigenvalue weighted by Gasteiger charge is -2.48. The first-order chi connectivity index (χ1) is 12.8. The highest BCUT2D eigenvalue weighted by Gasteiger charge is 2.49. The molecule has 27 heavy (non-hydrogen) atoms. The van der Waals surface area contributed by atoms with E-state index >= 15 is 0 Å². The molecule has 7 heteroatoms. The molecule has 0 unspecified atom stereocenters. The third kappa shape index (κ3) is 4.19. The summed E-state index contributed by atoms with van der Waals surface area (Å²) in [6, 6.07) is 17.6. The highest BCUT2D eigenvalue weighted by molar-refractivity contribution is 7.91. The Morgan fingerprint density at radius 2 is 1.52 bits per heavy atom. The topological polar surface area (TPSA) is 97.5 Å². The number of carbonyl (C=O) groups is 2. The number of benzene rings is 2. The molecule has 2 aromatic carbocycles. The third-order valence-corrected chi connectivity index (χ3v) is 6.67. The van der Waals surface area contributed by atoms with Crippen LogP contribution in [0, 0.1) is 5.41 Å². The summed E-state index contributed by atoms with van der Waals surface area (Å²) in [5.41, 5.74) is 5.79. The Morgan fingerprint density at radius 1 is 0.963 bits per heavy atom. The molecule has 6 nitrogen and oxygen atoms in total. The van der Waals surface area contributed by atoms with Crippen LogP contribution in [0.4, 0.5) is 0 Å². The second-order valence-electron chi connectivity index (χ2n) is 6.94. The van der Waals surface area contributed by atoms with Crippen molar-refractivity contribution in [1.29, 1.82) is 0 Å². The lowest BCUT2D eigenvalue weighted by Crippen LogP contribution is -2.65. The van der Waals surface area contributed by atoms with E-state index in [2.05, 4.69) is 0 Å². The van der Waals surface area contributed by atoms with Crippen LogP contribution < -0.4 is 5.73 Å². The van der Waals surface area contributed by atoms with E-state index in [1.54, 1.807) is 18.2 Å². The highest BCUT2D eigenvalue weighted by atomic mass is 32.2.